The molecule has 1 aromatic heterocycles. The van der Waals surface area contributed by atoms with E-state index in [9.17, 15) is 0 Å². The van der Waals surface area contributed by atoms with Gasteiger partial charge in [0, 0.05) is 34.3 Å². The van der Waals surface area contributed by atoms with Gasteiger partial charge < -0.3 is 4.57 Å². The van der Waals surface area contributed by atoms with Crippen LogP contribution in [0.3, 0.4) is 0 Å². The summed E-state index contributed by atoms with van der Waals surface area (Å²) in [6.07, 6.45) is 10.9. The summed E-state index contributed by atoms with van der Waals surface area (Å²) >= 11 is 14.8. The standard InChI is InChI=1S/C32H27Cl2N/c1-20-18-24-22(21-14-15-28-25(19-21)23-10-5-6-13-27(23)35(28)4)11-9-12-26(24)31(20)29(2,3)30(32(31,33)34)16-7-8-17-30/h5-19H,1-4H3. The molecule has 0 bridgehead atoms. The number of aryl methyl sites for hydroxylation is 1. The van der Waals surface area contributed by atoms with E-state index >= 15 is 0 Å². The highest BCUT2D eigenvalue weighted by Crippen LogP contribution is 2.83. The lowest BCUT2D eigenvalue weighted by Crippen LogP contribution is -2.77. The molecular formula is C32H27Cl2N. The van der Waals surface area contributed by atoms with E-state index in [0.29, 0.717) is 0 Å². The SMILES string of the molecule is CC1=Cc2c(-c3ccc4c(c3)c3ccccc3n4C)cccc2C12C(C)(C)C1(C=CC=C1)C2(Cl)Cl. The van der Waals surface area contributed by atoms with Crippen LogP contribution in [0.5, 0.6) is 0 Å². The van der Waals surface area contributed by atoms with Crippen molar-refractivity contribution in [2.45, 2.75) is 30.5 Å². The highest BCUT2D eigenvalue weighted by molar-refractivity contribution is 6.52. The van der Waals surface area contributed by atoms with E-state index in [1.165, 1.54) is 49.6 Å². The summed E-state index contributed by atoms with van der Waals surface area (Å²) < 4.78 is 1.30. The van der Waals surface area contributed by atoms with Crippen molar-refractivity contribution < 1.29 is 0 Å². The van der Waals surface area contributed by atoms with Crippen LogP contribution in [0.2, 0.25) is 0 Å². The van der Waals surface area contributed by atoms with Crippen LogP contribution in [0.1, 0.15) is 31.9 Å². The van der Waals surface area contributed by atoms with Crippen molar-refractivity contribution in [3.8, 4) is 11.1 Å². The maximum Gasteiger partial charge on any atom is 0.145 e. The summed E-state index contributed by atoms with van der Waals surface area (Å²) in [5.41, 5.74) is 7.62. The molecule has 3 aromatic carbocycles. The normalized spacial score (nSPS) is 24.5. The molecule has 1 unspecified atom stereocenters. The second kappa shape index (κ2) is 6.52. The Hall–Kier alpha value is -2.74. The van der Waals surface area contributed by atoms with Gasteiger partial charge in [-0.2, -0.15) is 0 Å². The van der Waals surface area contributed by atoms with Gasteiger partial charge in [-0.25, -0.2) is 0 Å². The Morgan fingerprint density at radius 1 is 0.800 bits per heavy atom. The van der Waals surface area contributed by atoms with E-state index in [2.05, 4.69) is 123 Å². The molecule has 2 spiro atoms. The van der Waals surface area contributed by atoms with E-state index in [1.807, 2.05) is 0 Å². The number of nitrogens with zero attached hydrogens (tertiary/aromatic N) is 1. The zero-order valence-electron chi connectivity index (χ0n) is 20.4. The molecule has 35 heavy (non-hydrogen) atoms. The molecule has 0 radical (unpaired) electrons. The van der Waals surface area contributed by atoms with E-state index in [0.717, 1.165) is 0 Å². The lowest BCUT2D eigenvalue weighted by Gasteiger charge is -2.74. The third-order valence-corrected chi connectivity index (χ3v) is 10.7. The molecule has 0 aliphatic heterocycles. The first-order valence-corrected chi connectivity index (χ1v) is 13.0. The van der Waals surface area contributed by atoms with Crippen LogP contribution >= 0.6 is 23.2 Å². The molecule has 0 amide bonds. The van der Waals surface area contributed by atoms with Crippen molar-refractivity contribution in [3.63, 3.8) is 0 Å². The first-order chi connectivity index (χ1) is 16.7. The zero-order chi connectivity index (χ0) is 24.4. The summed E-state index contributed by atoms with van der Waals surface area (Å²) in [5, 5.41) is 2.56. The number of benzene rings is 3. The molecule has 3 heteroatoms. The van der Waals surface area contributed by atoms with E-state index in [1.54, 1.807) is 0 Å². The number of hydrogen-bond donors (Lipinski definition) is 0. The lowest BCUT2D eigenvalue weighted by molar-refractivity contribution is -0.0691. The summed E-state index contributed by atoms with van der Waals surface area (Å²) in [5.74, 6) is 0. The third kappa shape index (κ3) is 2.12. The second-order valence-corrected chi connectivity index (χ2v) is 12.3. The van der Waals surface area contributed by atoms with Crippen LogP contribution in [0.4, 0.5) is 0 Å². The minimum atomic E-state index is -0.975. The molecule has 4 aromatic rings. The largest absolute Gasteiger partial charge is 0.344 e. The molecule has 174 valence electrons. The van der Waals surface area contributed by atoms with Crippen LogP contribution in [0.15, 0.2) is 90.5 Å². The number of hydrogen-bond acceptors (Lipinski definition) is 0. The van der Waals surface area contributed by atoms with E-state index < -0.39 is 15.2 Å². The molecule has 7 rings (SSSR count). The minimum absolute atomic E-state index is 0.183. The summed E-state index contributed by atoms with van der Waals surface area (Å²) in [6.45, 7) is 6.84. The molecule has 3 aliphatic carbocycles. The Labute approximate surface area is 216 Å². The predicted octanol–water partition coefficient (Wildman–Crippen LogP) is 8.98. The van der Waals surface area contributed by atoms with Crippen LogP contribution in [0, 0.1) is 10.8 Å². The maximum absolute atomic E-state index is 7.40. The Morgan fingerprint density at radius 2 is 1.51 bits per heavy atom. The zero-order valence-corrected chi connectivity index (χ0v) is 21.9. The first-order valence-electron chi connectivity index (χ1n) is 12.2. The Morgan fingerprint density at radius 3 is 2.26 bits per heavy atom. The smallest absolute Gasteiger partial charge is 0.145 e. The minimum Gasteiger partial charge on any atom is -0.344 e. The number of alkyl halides is 2. The highest BCUT2D eigenvalue weighted by atomic mass is 35.5. The molecule has 0 N–H and O–H groups in total. The van der Waals surface area contributed by atoms with Gasteiger partial charge in [-0.3, -0.25) is 0 Å². The first kappa shape index (κ1) is 21.5. The maximum atomic E-state index is 7.40. The fraction of sp³-hybridized carbons (Fsp3) is 0.250. The van der Waals surface area contributed by atoms with E-state index in [-0.39, 0.29) is 5.41 Å². The average Bonchev–Trinajstić information content (AvgIpc) is 3.54. The highest BCUT2D eigenvalue weighted by Gasteiger charge is 2.83. The van der Waals surface area contributed by atoms with Crippen LogP contribution < -0.4 is 0 Å². The molecule has 1 fully saturated rings. The number of fused-ring (bicyclic) bond motifs is 5. The monoisotopic (exact) mass is 495 g/mol. The average molecular weight is 496 g/mol. The molecular weight excluding hydrogens is 469 g/mol. The molecule has 0 saturated heterocycles. The molecule has 1 atom stereocenters. The quantitative estimate of drug-likeness (QED) is 0.232. The lowest BCUT2D eigenvalue weighted by atomic mass is 9.34. The van der Waals surface area contributed by atoms with Gasteiger partial charge in [-0.1, -0.05) is 115 Å². The Balaban J connectivity index is 1.47. The fourth-order valence-corrected chi connectivity index (χ4v) is 9.56. The van der Waals surface area contributed by atoms with Gasteiger partial charge in [0.15, 0.2) is 0 Å². The summed E-state index contributed by atoms with van der Waals surface area (Å²) in [6, 6.07) is 22.1. The Bertz CT molecular complexity index is 1640. The molecule has 1 nitrogen and oxygen atoms in total. The summed E-state index contributed by atoms with van der Waals surface area (Å²) in [7, 11) is 2.14. The topological polar surface area (TPSA) is 4.93 Å². The number of halogens is 2. The van der Waals surface area contributed by atoms with Crippen LogP contribution in [-0.4, -0.2) is 8.90 Å². The number of rotatable bonds is 1. The molecule has 1 saturated carbocycles. The number of aromatic nitrogens is 1. The van der Waals surface area contributed by atoms with Crippen molar-refractivity contribution in [3.05, 3.63) is 102 Å². The van der Waals surface area contributed by atoms with Crippen LogP contribution in [-0.2, 0) is 12.5 Å². The van der Waals surface area contributed by atoms with Gasteiger partial charge >= 0.3 is 0 Å². The van der Waals surface area contributed by atoms with E-state index in [4.69, 9.17) is 23.2 Å². The van der Waals surface area contributed by atoms with Gasteiger partial charge in [0.05, 0.1) is 5.41 Å². The molecule has 1 heterocycles. The summed E-state index contributed by atoms with van der Waals surface area (Å²) in [4.78, 5) is 0. The number of para-hydroxylation sites is 1. The predicted molar refractivity (Wildman–Crippen MR) is 150 cm³/mol. The molecule has 3 aliphatic rings. The van der Waals surface area contributed by atoms with Gasteiger partial charge in [-0.05, 0) is 52.8 Å². The van der Waals surface area contributed by atoms with Crippen molar-refractivity contribution in [1.29, 1.82) is 0 Å². The van der Waals surface area contributed by atoms with Crippen LogP contribution in [0.25, 0.3) is 39.0 Å². The van der Waals surface area contributed by atoms with Crippen molar-refractivity contribution in [2.75, 3.05) is 0 Å². The van der Waals surface area contributed by atoms with Crippen molar-refractivity contribution in [1.82, 2.24) is 4.57 Å². The Kier molecular flexibility index (Phi) is 4.01. The third-order valence-electron chi connectivity index (χ3n) is 9.48. The fourth-order valence-electron chi connectivity index (χ4n) is 7.86. The van der Waals surface area contributed by atoms with Gasteiger partial charge in [-0.15, -0.1) is 0 Å². The van der Waals surface area contributed by atoms with Crippen molar-refractivity contribution >= 4 is 51.1 Å². The van der Waals surface area contributed by atoms with Gasteiger partial charge in [0.2, 0.25) is 0 Å². The number of allylic oxidation sites excluding steroid dienone is 5. The van der Waals surface area contributed by atoms with Gasteiger partial charge in [0.25, 0.3) is 0 Å². The van der Waals surface area contributed by atoms with Gasteiger partial charge in [0.1, 0.15) is 4.33 Å². The second-order valence-electron chi connectivity index (χ2n) is 10.9. The van der Waals surface area contributed by atoms with Crippen molar-refractivity contribution in [2.24, 2.45) is 17.9 Å².